The summed E-state index contributed by atoms with van der Waals surface area (Å²) in [6, 6.07) is 4.62. The largest absolute Gasteiger partial charge is 0.387 e. The van der Waals surface area contributed by atoms with Crippen LogP contribution in [0.2, 0.25) is 0 Å². The van der Waals surface area contributed by atoms with Crippen LogP contribution >= 0.6 is 0 Å². The topological polar surface area (TPSA) is 36.4 Å². The maximum absolute atomic E-state index is 9.34. The van der Waals surface area contributed by atoms with Gasteiger partial charge in [-0.2, -0.15) is 0 Å². The number of aliphatic hydroxyl groups excluding tert-OH is 1. The highest BCUT2D eigenvalue weighted by Crippen LogP contribution is 2.27. The third-order valence-corrected chi connectivity index (χ3v) is 3.23. The van der Waals surface area contributed by atoms with E-state index in [-0.39, 0.29) is 0 Å². The van der Waals surface area contributed by atoms with Gasteiger partial charge in [0.25, 0.3) is 0 Å². The van der Waals surface area contributed by atoms with Gasteiger partial charge in [-0.3, -0.25) is 4.98 Å². The first-order valence-corrected chi connectivity index (χ1v) is 5.55. The summed E-state index contributed by atoms with van der Waals surface area (Å²) in [5.74, 6) is 0. The molecule has 0 saturated heterocycles. The van der Waals surface area contributed by atoms with Crippen LogP contribution in [0, 0.1) is 0 Å². The van der Waals surface area contributed by atoms with E-state index in [1.807, 2.05) is 18.3 Å². The zero-order valence-electron chi connectivity index (χ0n) is 9.35. The van der Waals surface area contributed by atoms with E-state index < -0.39 is 6.10 Å². The first-order valence-electron chi connectivity index (χ1n) is 5.55. The fourth-order valence-corrected chi connectivity index (χ4v) is 1.84. The minimum atomic E-state index is -0.479. The highest BCUT2D eigenvalue weighted by atomic mass is 16.3. The number of aliphatic hydroxyl groups is 1. The van der Waals surface area contributed by atoms with Gasteiger partial charge in [-0.25, -0.2) is 0 Å². The van der Waals surface area contributed by atoms with Crippen LogP contribution in [0.4, 0.5) is 5.69 Å². The quantitative estimate of drug-likeness (QED) is 0.823. The van der Waals surface area contributed by atoms with Crippen molar-refractivity contribution in [2.75, 3.05) is 11.9 Å². The van der Waals surface area contributed by atoms with Crippen molar-refractivity contribution in [3.63, 3.8) is 0 Å². The molecule has 1 aliphatic rings. The van der Waals surface area contributed by atoms with Crippen molar-refractivity contribution < 1.29 is 5.11 Å². The number of pyridine rings is 1. The Bertz CT molecular complexity index is 317. The van der Waals surface area contributed by atoms with Crippen LogP contribution in [0.25, 0.3) is 0 Å². The maximum atomic E-state index is 9.34. The minimum absolute atomic E-state index is 0.479. The Morgan fingerprint density at radius 1 is 1.47 bits per heavy atom. The van der Waals surface area contributed by atoms with E-state index in [1.54, 1.807) is 6.92 Å². The first kappa shape index (κ1) is 10.4. The summed E-state index contributed by atoms with van der Waals surface area (Å²) < 4.78 is 0. The average molecular weight is 206 g/mol. The van der Waals surface area contributed by atoms with E-state index >= 15 is 0 Å². The lowest BCUT2D eigenvalue weighted by atomic mass is 9.91. The Morgan fingerprint density at radius 2 is 2.20 bits per heavy atom. The molecule has 0 amide bonds. The van der Waals surface area contributed by atoms with Crippen molar-refractivity contribution in [2.24, 2.45) is 0 Å². The second-order valence-electron chi connectivity index (χ2n) is 4.31. The molecule has 3 nitrogen and oxygen atoms in total. The molecule has 0 bridgehead atoms. The molecule has 1 aliphatic carbocycles. The van der Waals surface area contributed by atoms with Crippen molar-refractivity contribution in [3.05, 3.63) is 24.0 Å². The summed E-state index contributed by atoms with van der Waals surface area (Å²) >= 11 is 0. The summed E-state index contributed by atoms with van der Waals surface area (Å²) in [5.41, 5.74) is 1.88. The molecular weight excluding hydrogens is 188 g/mol. The van der Waals surface area contributed by atoms with Gasteiger partial charge < -0.3 is 10.0 Å². The van der Waals surface area contributed by atoms with E-state index in [0.29, 0.717) is 6.04 Å². The molecule has 0 aliphatic heterocycles. The zero-order valence-corrected chi connectivity index (χ0v) is 9.35. The number of aromatic nitrogens is 1. The van der Waals surface area contributed by atoms with Gasteiger partial charge in [0, 0.05) is 13.1 Å². The standard InChI is InChI=1S/C12H18N2O/c1-9(15)12-7-6-11(8-13-12)14(2)10-4-3-5-10/h6-10,15H,3-5H2,1-2H3/t9-/m0/s1. The number of rotatable bonds is 3. The number of nitrogens with zero attached hydrogens (tertiary/aromatic N) is 2. The van der Waals surface area contributed by atoms with E-state index in [1.165, 1.54) is 19.3 Å². The Morgan fingerprint density at radius 3 is 2.60 bits per heavy atom. The Kier molecular flexibility index (Phi) is 2.91. The van der Waals surface area contributed by atoms with Crippen LogP contribution in [0.5, 0.6) is 0 Å². The van der Waals surface area contributed by atoms with Gasteiger partial charge in [-0.1, -0.05) is 0 Å². The number of hydrogen-bond acceptors (Lipinski definition) is 3. The van der Waals surface area contributed by atoms with Gasteiger partial charge in [-0.05, 0) is 38.3 Å². The fourth-order valence-electron chi connectivity index (χ4n) is 1.84. The van der Waals surface area contributed by atoms with E-state index in [4.69, 9.17) is 0 Å². The molecule has 1 aromatic heterocycles. The Labute approximate surface area is 90.8 Å². The molecule has 1 aromatic rings. The summed E-state index contributed by atoms with van der Waals surface area (Å²) in [4.78, 5) is 6.53. The van der Waals surface area contributed by atoms with E-state index in [2.05, 4.69) is 16.9 Å². The van der Waals surface area contributed by atoms with Crippen molar-refractivity contribution in [3.8, 4) is 0 Å². The van der Waals surface area contributed by atoms with Crippen LogP contribution in [-0.4, -0.2) is 23.2 Å². The van der Waals surface area contributed by atoms with Gasteiger partial charge in [0.1, 0.15) is 0 Å². The van der Waals surface area contributed by atoms with Gasteiger partial charge in [0.15, 0.2) is 0 Å². The number of hydrogen-bond donors (Lipinski definition) is 1. The molecule has 1 atom stereocenters. The van der Waals surface area contributed by atoms with Crippen LogP contribution in [0.15, 0.2) is 18.3 Å². The predicted molar refractivity (Wildman–Crippen MR) is 60.9 cm³/mol. The zero-order chi connectivity index (χ0) is 10.8. The number of anilines is 1. The van der Waals surface area contributed by atoms with Crippen LogP contribution in [0.3, 0.4) is 0 Å². The molecule has 2 rings (SSSR count). The van der Waals surface area contributed by atoms with Crippen LogP contribution < -0.4 is 4.90 Å². The summed E-state index contributed by atoms with van der Waals surface area (Å²) in [6.45, 7) is 1.73. The van der Waals surface area contributed by atoms with E-state index in [9.17, 15) is 5.11 Å². The SMILES string of the molecule is C[C@H](O)c1ccc(N(C)C2CCC2)cn1. The minimum Gasteiger partial charge on any atom is -0.387 e. The fraction of sp³-hybridized carbons (Fsp3) is 0.583. The third kappa shape index (κ3) is 2.12. The third-order valence-electron chi connectivity index (χ3n) is 3.23. The lowest BCUT2D eigenvalue weighted by Gasteiger charge is -2.36. The lowest BCUT2D eigenvalue weighted by molar-refractivity contribution is 0.194. The summed E-state index contributed by atoms with van der Waals surface area (Å²) in [6.07, 6.45) is 5.28. The van der Waals surface area contributed by atoms with Crippen molar-refractivity contribution in [2.45, 2.75) is 38.3 Å². The highest BCUT2D eigenvalue weighted by Gasteiger charge is 2.22. The average Bonchev–Trinajstić information content (AvgIpc) is 2.15. The molecule has 3 heteroatoms. The van der Waals surface area contributed by atoms with E-state index in [0.717, 1.165) is 11.4 Å². The molecule has 0 aromatic carbocycles. The molecule has 1 heterocycles. The van der Waals surface area contributed by atoms with Gasteiger partial charge in [0.05, 0.1) is 23.7 Å². The molecule has 1 fully saturated rings. The Hall–Kier alpha value is -1.09. The van der Waals surface area contributed by atoms with Crippen molar-refractivity contribution in [1.29, 1.82) is 0 Å². The van der Waals surface area contributed by atoms with Crippen molar-refractivity contribution in [1.82, 2.24) is 4.98 Å². The van der Waals surface area contributed by atoms with Crippen LogP contribution in [0.1, 0.15) is 38.0 Å². The van der Waals surface area contributed by atoms with Crippen LogP contribution in [-0.2, 0) is 0 Å². The van der Waals surface area contributed by atoms with Gasteiger partial charge in [0.2, 0.25) is 0 Å². The molecule has 1 saturated carbocycles. The second kappa shape index (κ2) is 4.19. The summed E-state index contributed by atoms with van der Waals surface area (Å²) in [7, 11) is 2.11. The monoisotopic (exact) mass is 206 g/mol. The summed E-state index contributed by atoms with van der Waals surface area (Å²) in [5, 5.41) is 9.34. The molecule has 0 spiro atoms. The molecule has 15 heavy (non-hydrogen) atoms. The van der Waals surface area contributed by atoms with Gasteiger partial charge >= 0.3 is 0 Å². The molecule has 0 unspecified atom stereocenters. The normalized spacial score (nSPS) is 18.3. The molecule has 82 valence electrons. The smallest absolute Gasteiger partial charge is 0.0931 e. The van der Waals surface area contributed by atoms with Gasteiger partial charge in [-0.15, -0.1) is 0 Å². The molecular formula is C12H18N2O. The first-order chi connectivity index (χ1) is 7.18. The lowest BCUT2D eigenvalue weighted by Crippen LogP contribution is -2.37. The predicted octanol–water partition coefficient (Wildman–Crippen LogP) is 2.12. The Balaban J connectivity index is 2.08. The molecule has 0 radical (unpaired) electrons. The van der Waals surface area contributed by atoms with Crippen molar-refractivity contribution >= 4 is 5.69 Å². The molecule has 1 N–H and O–H groups in total. The highest BCUT2D eigenvalue weighted by molar-refractivity contribution is 5.45. The second-order valence-corrected chi connectivity index (χ2v) is 4.31. The maximum Gasteiger partial charge on any atom is 0.0931 e.